The van der Waals surface area contributed by atoms with E-state index in [4.69, 9.17) is 5.11 Å². The van der Waals surface area contributed by atoms with Crippen LogP contribution in [0.3, 0.4) is 0 Å². The number of aliphatic hydroxyl groups is 1. The highest BCUT2D eigenvalue weighted by Gasteiger charge is 2.05. The van der Waals surface area contributed by atoms with E-state index >= 15 is 0 Å². The predicted octanol–water partition coefficient (Wildman–Crippen LogP) is 4.24. The molecule has 0 heterocycles. The van der Waals surface area contributed by atoms with Crippen molar-refractivity contribution in [2.75, 3.05) is 0 Å². The maximum atomic E-state index is 8.88. The molecule has 1 heteroatoms. The summed E-state index contributed by atoms with van der Waals surface area (Å²) < 4.78 is 0. The van der Waals surface area contributed by atoms with Crippen molar-refractivity contribution in [3.8, 4) is 0 Å². The van der Waals surface area contributed by atoms with Gasteiger partial charge in [0.1, 0.15) is 5.76 Å². The van der Waals surface area contributed by atoms with Crippen LogP contribution in [0.2, 0.25) is 0 Å². The molecule has 1 N–H and O–H groups in total. The zero-order chi connectivity index (χ0) is 11.1. The van der Waals surface area contributed by atoms with Crippen LogP contribution in [0.1, 0.15) is 33.6 Å². The summed E-state index contributed by atoms with van der Waals surface area (Å²) in [5.41, 5.74) is 1.06. The number of rotatable bonds is 6. The Kier molecular flexibility index (Phi) is 6.02. The van der Waals surface area contributed by atoms with Crippen LogP contribution in [-0.2, 0) is 0 Å². The summed E-state index contributed by atoms with van der Waals surface area (Å²) in [7, 11) is 0. The molecule has 0 saturated heterocycles. The van der Waals surface area contributed by atoms with Gasteiger partial charge in [0.05, 0.1) is 0 Å². The minimum atomic E-state index is 0.0854. The molecule has 0 aromatic carbocycles. The highest BCUT2D eigenvalue weighted by atomic mass is 16.3. The summed E-state index contributed by atoms with van der Waals surface area (Å²) in [5, 5.41) is 8.88. The standard InChI is InChI=1S/C13H22O/c1-10(2)6-7-11(3)12(4)8-9-13(5)14/h8-11,14H,4-7H2,1-3H3/b9-8-. The zero-order valence-electron chi connectivity index (χ0n) is 9.59. The minimum Gasteiger partial charge on any atom is -0.509 e. The first kappa shape index (κ1) is 13.0. The van der Waals surface area contributed by atoms with E-state index in [-0.39, 0.29) is 5.76 Å². The molecule has 14 heavy (non-hydrogen) atoms. The van der Waals surface area contributed by atoms with Gasteiger partial charge in [-0.15, -0.1) is 0 Å². The van der Waals surface area contributed by atoms with E-state index in [1.165, 1.54) is 6.42 Å². The first-order valence-electron chi connectivity index (χ1n) is 5.18. The van der Waals surface area contributed by atoms with Crippen molar-refractivity contribution in [2.45, 2.75) is 33.6 Å². The molecule has 0 aromatic rings. The maximum Gasteiger partial charge on any atom is 0.108 e. The van der Waals surface area contributed by atoms with Gasteiger partial charge in [-0.1, -0.05) is 52.0 Å². The van der Waals surface area contributed by atoms with Gasteiger partial charge in [-0.05, 0) is 24.3 Å². The fraction of sp³-hybridized carbons (Fsp3) is 0.538. The van der Waals surface area contributed by atoms with E-state index in [1.807, 2.05) is 6.08 Å². The Bertz CT molecular complexity index is 223. The Balaban J connectivity index is 3.93. The van der Waals surface area contributed by atoms with Gasteiger partial charge < -0.3 is 5.11 Å². The molecule has 0 aliphatic carbocycles. The molecule has 0 bridgehead atoms. The van der Waals surface area contributed by atoms with Gasteiger partial charge in [0.15, 0.2) is 0 Å². The van der Waals surface area contributed by atoms with Crippen LogP contribution in [0.25, 0.3) is 0 Å². The summed E-state index contributed by atoms with van der Waals surface area (Å²) in [6.07, 6.45) is 5.80. The molecule has 0 aliphatic rings. The Morgan fingerprint density at radius 3 is 2.14 bits per heavy atom. The topological polar surface area (TPSA) is 20.2 Å². The Morgan fingerprint density at radius 1 is 1.14 bits per heavy atom. The van der Waals surface area contributed by atoms with Crippen LogP contribution in [0.5, 0.6) is 0 Å². The second-order valence-electron chi connectivity index (χ2n) is 4.27. The molecule has 0 radical (unpaired) electrons. The first-order valence-corrected chi connectivity index (χ1v) is 5.18. The number of aliphatic hydroxyl groups excluding tert-OH is 1. The fourth-order valence-electron chi connectivity index (χ4n) is 1.14. The third kappa shape index (κ3) is 6.53. The molecule has 0 aromatic heterocycles. The van der Waals surface area contributed by atoms with Crippen LogP contribution in [-0.4, -0.2) is 5.11 Å². The van der Waals surface area contributed by atoms with E-state index < -0.39 is 0 Å². The highest BCUT2D eigenvalue weighted by molar-refractivity contribution is 5.22. The summed E-state index contributed by atoms with van der Waals surface area (Å²) in [4.78, 5) is 0. The quantitative estimate of drug-likeness (QED) is 0.495. The molecular weight excluding hydrogens is 172 g/mol. The summed E-state index contributed by atoms with van der Waals surface area (Å²) >= 11 is 0. The third-order valence-electron chi connectivity index (χ3n) is 2.30. The smallest absolute Gasteiger partial charge is 0.108 e. The maximum absolute atomic E-state index is 8.88. The van der Waals surface area contributed by atoms with E-state index in [2.05, 4.69) is 33.9 Å². The van der Waals surface area contributed by atoms with E-state index in [1.54, 1.807) is 6.08 Å². The molecule has 80 valence electrons. The van der Waals surface area contributed by atoms with Gasteiger partial charge in [-0.25, -0.2) is 0 Å². The molecule has 1 nitrogen and oxygen atoms in total. The molecule has 0 amide bonds. The average Bonchev–Trinajstić information content (AvgIpc) is 2.09. The molecule has 1 unspecified atom stereocenters. The van der Waals surface area contributed by atoms with Crippen LogP contribution in [0.4, 0.5) is 0 Å². The summed E-state index contributed by atoms with van der Waals surface area (Å²) in [5.74, 6) is 1.30. The van der Waals surface area contributed by atoms with E-state index in [0.29, 0.717) is 5.92 Å². The molecule has 1 atom stereocenters. The lowest BCUT2D eigenvalue weighted by molar-refractivity contribution is 0.435. The predicted molar refractivity (Wildman–Crippen MR) is 63.3 cm³/mol. The Morgan fingerprint density at radius 2 is 1.71 bits per heavy atom. The number of hydrogen-bond donors (Lipinski definition) is 1. The second-order valence-corrected chi connectivity index (χ2v) is 4.27. The van der Waals surface area contributed by atoms with Gasteiger partial charge in [0.2, 0.25) is 0 Å². The summed E-state index contributed by atoms with van der Waals surface area (Å²) in [6.45, 7) is 14.0. The van der Waals surface area contributed by atoms with Crippen molar-refractivity contribution in [2.24, 2.45) is 11.8 Å². The average molecular weight is 194 g/mol. The lowest BCUT2D eigenvalue weighted by Crippen LogP contribution is -1.99. The second kappa shape index (κ2) is 6.47. The van der Waals surface area contributed by atoms with Gasteiger partial charge >= 0.3 is 0 Å². The molecule has 0 saturated carbocycles. The first-order chi connectivity index (χ1) is 6.43. The molecular formula is C13H22O. The third-order valence-corrected chi connectivity index (χ3v) is 2.30. The lowest BCUT2D eigenvalue weighted by Gasteiger charge is -2.12. The number of allylic oxidation sites excluding steroid dienone is 3. The lowest BCUT2D eigenvalue weighted by atomic mass is 9.93. The van der Waals surface area contributed by atoms with Crippen molar-refractivity contribution in [3.05, 3.63) is 36.6 Å². The van der Waals surface area contributed by atoms with Gasteiger partial charge in [0, 0.05) is 0 Å². The molecule has 0 rings (SSSR count). The van der Waals surface area contributed by atoms with Gasteiger partial charge in [0.25, 0.3) is 0 Å². The van der Waals surface area contributed by atoms with Crippen molar-refractivity contribution in [1.29, 1.82) is 0 Å². The fourth-order valence-corrected chi connectivity index (χ4v) is 1.14. The van der Waals surface area contributed by atoms with E-state index in [9.17, 15) is 0 Å². The Hall–Kier alpha value is -0.980. The van der Waals surface area contributed by atoms with Crippen LogP contribution in [0.15, 0.2) is 36.6 Å². The molecule has 0 fully saturated rings. The molecule has 0 spiro atoms. The monoisotopic (exact) mass is 194 g/mol. The number of hydrogen-bond acceptors (Lipinski definition) is 1. The van der Waals surface area contributed by atoms with Crippen LogP contribution in [0, 0.1) is 11.8 Å². The van der Waals surface area contributed by atoms with Crippen molar-refractivity contribution < 1.29 is 5.11 Å². The van der Waals surface area contributed by atoms with E-state index in [0.717, 1.165) is 17.9 Å². The SMILES string of the molecule is C=C(O)/C=C\C(=C)C(C)CCC(C)C. The summed E-state index contributed by atoms with van der Waals surface area (Å²) in [6, 6.07) is 0. The minimum absolute atomic E-state index is 0.0854. The highest BCUT2D eigenvalue weighted by Crippen LogP contribution is 2.19. The molecule has 0 aliphatic heterocycles. The van der Waals surface area contributed by atoms with Crippen LogP contribution < -0.4 is 0 Å². The van der Waals surface area contributed by atoms with Crippen molar-refractivity contribution in [3.63, 3.8) is 0 Å². The van der Waals surface area contributed by atoms with Crippen LogP contribution >= 0.6 is 0 Å². The zero-order valence-corrected chi connectivity index (χ0v) is 9.59. The van der Waals surface area contributed by atoms with Crippen molar-refractivity contribution >= 4 is 0 Å². The van der Waals surface area contributed by atoms with Gasteiger partial charge in [-0.3, -0.25) is 0 Å². The Labute approximate surface area is 87.8 Å². The largest absolute Gasteiger partial charge is 0.509 e. The normalized spacial score (nSPS) is 13.4. The van der Waals surface area contributed by atoms with Gasteiger partial charge in [-0.2, -0.15) is 0 Å². The van der Waals surface area contributed by atoms with Crippen molar-refractivity contribution in [1.82, 2.24) is 0 Å².